The molecule has 1 heterocycles. The van der Waals surface area contributed by atoms with E-state index in [4.69, 9.17) is 0 Å². The first-order chi connectivity index (χ1) is 8.55. The summed E-state index contributed by atoms with van der Waals surface area (Å²) in [6, 6.07) is 7.13. The molecule has 0 spiro atoms. The lowest BCUT2D eigenvalue weighted by atomic mass is 9.61. The normalized spacial score (nSPS) is 34.3. The van der Waals surface area contributed by atoms with E-state index >= 15 is 0 Å². The second-order valence-electron chi connectivity index (χ2n) is 6.54. The smallest absolute Gasteiger partial charge is 0.123 e. The molecule has 1 aliphatic carbocycles. The number of nitrogens with one attached hydrogen (secondary N) is 1. The van der Waals surface area contributed by atoms with Crippen molar-refractivity contribution in [2.45, 2.75) is 39.0 Å². The van der Waals surface area contributed by atoms with Gasteiger partial charge < -0.3 is 5.32 Å². The molecule has 1 aromatic carbocycles. The van der Waals surface area contributed by atoms with Crippen LogP contribution in [0.3, 0.4) is 0 Å². The molecule has 98 valence electrons. The van der Waals surface area contributed by atoms with Gasteiger partial charge in [-0.1, -0.05) is 26.0 Å². The van der Waals surface area contributed by atoms with E-state index in [-0.39, 0.29) is 5.82 Å². The van der Waals surface area contributed by atoms with Gasteiger partial charge in [0, 0.05) is 12.5 Å². The van der Waals surface area contributed by atoms with Crippen LogP contribution in [0.1, 0.15) is 44.6 Å². The predicted molar refractivity (Wildman–Crippen MR) is 72.1 cm³/mol. The topological polar surface area (TPSA) is 12.0 Å². The number of hydrogen-bond acceptors (Lipinski definition) is 1. The highest BCUT2D eigenvalue weighted by Gasteiger charge is 2.56. The highest BCUT2D eigenvalue weighted by Crippen LogP contribution is 2.65. The fraction of sp³-hybridized carbons (Fsp3) is 0.625. The van der Waals surface area contributed by atoms with Crippen LogP contribution in [0.5, 0.6) is 0 Å². The Kier molecular flexibility index (Phi) is 2.74. The van der Waals surface area contributed by atoms with Gasteiger partial charge in [0.25, 0.3) is 0 Å². The molecule has 0 radical (unpaired) electrons. The average Bonchev–Trinajstić information content (AvgIpc) is 3.11. The first-order valence-corrected chi connectivity index (χ1v) is 7.01. The lowest BCUT2D eigenvalue weighted by molar-refractivity contribution is 0.0912. The molecule has 2 unspecified atom stereocenters. The molecule has 0 amide bonds. The van der Waals surface area contributed by atoms with Gasteiger partial charge in [-0.15, -0.1) is 0 Å². The third kappa shape index (κ3) is 1.78. The summed E-state index contributed by atoms with van der Waals surface area (Å²) >= 11 is 0. The maximum Gasteiger partial charge on any atom is 0.123 e. The van der Waals surface area contributed by atoms with Crippen LogP contribution < -0.4 is 5.32 Å². The molecule has 1 nitrogen and oxygen atoms in total. The molecule has 1 N–H and O–H groups in total. The number of piperidine rings is 1. The van der Waals surface area contributed by atoms with E-state index in [1.165, 1.54) is 24.8 Å². The quantitative estimate of drug-likeness (QED) is 0.840. The van der Waals surface area contributed by atoms with Crippen LogP contribution in [0, 0.1) is 16.6 Å². The maximum atomic E-state index is 13.1. The van der Waals surface area contributed by atoms with E-state index in [2.05, 4.69) is 19.2 Å². The van der Waals surface area contributed by atoms with Crippen molar-refractivity contribution >= 4 is 0 Å². The van der Waals surface area contributed by atoms with Crippen molar-refractivity contribution < 1.29 is 4.39 Å². The predicted octanol–water partition coefficient (Wildman–Crippen LogP) is 3.71. The fourth-order valence-corrected chi connectivity index (χ4v) is 3.66. The zero-order chi connectivity index (χ0) is 12.8. The van der Waals surface area contributed by atoms with Gasteiger partial charge in [-0.2, -0.15) is 0 Å². The summed E-state index contributed by atoms with van der Waals surface area (Å²) in [5.41, 5.74) is 2.14. The minimum atomic E-state index is -0.137. The van der Waals surface area contributed by atoms with E-state index in [9.17, 15) is 4.39 Å². The molecule has 1 saturated carbocycles. The minimum absolute atomic E-state index is 0.137. The van der Waals surface area contributed by atoms with Crippen LogP contribution in [0.2, 0.25) is 0 Å². The highest BCUT2D eigenvalue weighted by molar-refractivity contribution is 5.26. The van der Waals surface area contributed by atoms with E-state index in [0.29, 0.717) is 16.7 Å². The van der Waals surface area contributed by atoms with Crippen molar-refractivity contribution in [3.8, 4) is 0 Å². The molecule has 2 fully saturated rings. The van der Waals surface area contributed by atoms with Crippen molar-refractivity contribution in [1.82, 2.24) is 5.32 Å². The molecule has 0 aromatic heterocycles. The largest absolute Gasteiger partial charge is 0.316 e. The van der Waals surface area contributed by atoms with E-state index in [0.717, 1.165) is 13.1 Å². The van der Waals surface area contributed by atoms with Gasteiger partial charge >= 0.3 is 0 Å². The second-order valence-corrected chi connectivity index (χ2v) is 6.54. The second kappa shape index (κ2) is 4.06. The van der Waals surface area contributed by atoms with Gasteiger partial charge in [0.1, 0.15) is 5.82 Å². The van der Waals surface area contributed by atoms with Crippen LogP contribution >= 0.6 is 0 Å². The average molecular weight is 247 g/mol. The Hall–Kier alpha value is -0.890. The minimum Gasteiger partial charge on any atom is -0.316 e. The fourth-order valence-electron chi connectivity index (χ4n) is 3.66. The van der Waals surface area contributed by atoms with Gasteiger partial charge in [0.2, 0.25) is 0 Å². The molecule has 18 heavy (non-hydrogen) atoms. The van der Waals surface area contributed by atoms with Crippen LogP contribution in [-0.4, -0.2) is 13.1 Å². The Morgan fingerprint density at radius 3 is 2.39 bits per heavy atom. The van der Waals surface area contributed by atoms with Crippen LogP contribution in [-0.2, 0) is 0 Å². The van der Waals surface area contributed by atoms with Crippen LogP contribution in [0.15, 0.2) is 24.3 Å². The van der Waals surface area contributed by atoms with Crippen molar-refractivity contribution in [2.24, 2.45) is 10.8 Å². The molecule has 2 aliphatic rings. The molecule has 1 aliphatic heterocycles. The van der Waals surface area contributed by atoms with Crippen LogP contribution in [0.4, 0.5) is 4.39 Å². The van der Waals surface area contributed by atoms with Gasteiger partial charge in [0.05, 0.1) is 0 Å². The molecule has 3 rings (SSSR count). The highest BCUT2D eigenvalue weighted by atomic mass is 19.1. The van der Waals surface area contributed by atoms with Gasteiger partial charge in [-0.05, 0) is 54.3 Å². The Morgan fingerprint density at radius 1 is 1.11 bits per heavy atom. The summed E-state index contributed by atoms with van der Waals surface area (Å²) in [5, 5.41) is 3.51. The standard InChI is InChI=1S/C16H22FN/c1-15(7-8-15)16(2)9-10-18-11-14(16)12-3-5-13(17)6-4-12/h3-6,14,18H,7-11H2,1-2H3. The molecule has 2 atom stereocenters. The molecule has 1 aromatic rings. The summed E-state index contributed by atoms with van der Waals surface area (Å²) in [6.07, 6.45) is 3.92. The first kappa shape index (κ1) is 12.2. The number of halogens is 1. The summed E-state index contributed by atoms with van der Waals surface area (Å²) in [5.74, 6) is 0.376. The Morgan fingerprint density at radius 2 is 1.78 bits per heavy atom. The molecule has 0 bridgehead atoms. The lowest BCUT2D eigenvalue weighted by Gasteiger charge is -2.47. The SMILES string of the molecule is CC1(C2(C)CCNCC2c2ccc(F)cc2)CC1. The van der Waals surface area contributed by atoms with Crippen molar-refractivity contribution in [2.75, 3.05) is 13.1 Å². The van der Waals surface area contributed by atoms with Gasteiger partial charge in [-0.3, -0.25) is 0 Å². The van der Waals surface area contributed by atoms with E-state index in [1.54, 1.807) is 12.1 Å². The number of hydrogen-bond donors (Lipinski definition) is 1. The zero-order valence-corrected chi connectivity index (χ0v) is 11.3. The summed E-state index contributed by atoms with van der Waals surface area (Å²) < 4.78 is 13.1. The monoisotopic (exact) mass is 247 g/mol. The van der Waals surface area contributed by atoms with Crippen molar-refractivity contribution in [3.63, 3.8) is 0 Å². The molecule has 2 heteroatoms. The molecule has 1 saturated heterocycles. The Labute approximate surface area is 109 Å². The number of benzene rings is 1. The maximum absolute atomic E-state index is 13.1. The van der Waals surface area contributed by atoms with E-state index in [1.807, 2.05) is 12.1 Å². The van der Waals surface area contributed by atoms with Gasteiger partial charge in [0.15, 0.2) is 0 Å². The lowest BCUT2D eigenvalue weighted by Crippen LogP contribution is -2.46. The van der Waals surface area contributed by atoms with E-state index < -0.39 is 0 Å². The number of rotatable bonds is 2. The van der Waals surface area contributed by atoms with Crippen molar-refractivity contribution in [1.29, 1.82) is 0 Å². The first-order valence-electron chi connectivity index (χ1n) is 7.01. The third-order valence-corrected chi connectivity index (χ3v) is 5.59. The summed E-state index contributed by atoms with van der Waals surface area (Å²) in [4.78, 5) is 0. The van der Waals surface area contributed by atoms with Gasteiger partial charge in [-0.25, -0.2) is 4.39 Å². The summed E-state index contributed by atoms with van der Waals surface area (Å²) in [6.45, 7) is 7.01. The Balaban J connectivity index is 1.95. The molecular formula is C16H22FN. The zero-order valence-electron chi connectivity index (χ0n) is 11.3. The molecular weight excluding hydrogens is 225 g/mol. The summed E-state index contributed by atoms with van der Waals surface area (Å²) in [7, 11) is 0. The van der Waals surface area contributed by atoms with Crippen molar-refractivity contribution in [3.05, 3.63) is 35.6 Å². The Bertz CT molecular complexity index is 435. The third-order valence-electron chi connectivity index (χ3n) is 5.59. The van der Waals surface area contributed by atoms with Crippen LogP contribution in [0.25, 0.3) is 0 Å².